The number of likely N-dealkylation sites (tertiary alicyclic amines) is 1. The molecule has 0 aliphatic carbocycles. The van der Waals surface area contributed by atoms with E-state index in [-0.39, 0.29) is 12.5 Å². The quantitative estimate of drug-likeness (QED) is 0.851. The number of benzene rings is 1. The number of ether oxygens (including phenoxy) is 1. The average Bonchev–Trinajstić information content (AvgIpc) is 2.43. The molecule has 0 bridgehead atoms. The van der Waals surface area contributed by atoms with Crippen LogP contribution in [0.5, 0.6) is 5.75 Å². The van der Waals surface area contributed by atoms with Gasteiger partial charge >= 0.3 is 0 Å². The first-order valence-corrected chi connectivity index (χ1v) is 7.54. The first-order chi connectivity index (χ1) is 9.08. The Morgan fingerprint density at radius 3 is 2.37 bits per heavy atom. The third-order valence-electron chi connectivity index (χ3n) is 3.48. The summed E-state index contributed by atoms with van der Waals surface area (Å²) < 4.78 is 6.72. The monoisotopic (exact) mass is 325 g/mol. The van der Waals surface area contributed by atoms with E-state index in [1.165, 1.54) is 6.42 Å². The van der Waals surface area contributed by atoms with Gasteiger partial charge in [0.05, 0.1) is 0 Å². The predicted octanol–water partition coefficient (Wildman–Crippen LogP) is 3.46. The molecule has 1 amide bonds. The highest BCUT2D eigenvalue weighted by molar-refractivity contribution is 9.10. The molecular weight excluding hydrogens is 306 g/mol. The van der Waals surface area contributed by atoms with Crippen molar-refractivity contribution >= 4 is 21.8 Å². The number of carbonyl (C=O) groups is 1. The molecule has 1 aromatic carbocycles. The van der Waals surface area contributed by atoms with E-state index in [2.05, 4.69) is 15.9 Å². The Bertz CT molecular complexity index is 444. The number of nitrogens with zero attached hydrogens (tertiary/aromatic N) is 1. The van der Waals surface area contributed by atoms with Gasteiger partial charge in [0.1, 0.15) is 5.75 Å². The zero-order valence-electron chi connectivity index (χ0n) is 11.5. The highest BCUT2D eigenvalue weighted by Gasteiger charge is 2.16. The fourth-order valence-corrected chi connectivity index (χ4v) is 2.60. The van der Waals surface area contributed by atoms with Crippen LogP contribution in [0.1, 0.15) is 30.4 Å². The van der Waals surface area contributed by atoms with Gasteiger partial charge in [0.2, 0.25) is 0 Å². The van der Waals surface area contributed by atoms with Gasteiger partial charge in [0, 0.05) is 17.6 Å². The lowest BCUT2D eigenvalue weighted by molar-refractivity contribution is -0.134. The number of hydrogen-bond acceptors (Lipinski definition) is 2. The number of aryl methyl sites for hydroxylation is 2. The molecular formula is C15H20BrNO2. The number of amides is 1. The van der Waals surface area contributed by atoms with Crippen LogP contribution in [0.25, 0.3) is 0 Å². The maximum absolute atomic E-state index is 12.0. The second kappa shape index (κ2) is 6.42. The Hall–Kier alpha value is -1.03. The fourth-order valence-electron chi connectivity index (χ4n) is 2.37. The van der Waals surface area contributed by atoms with E-state index < -0.39 is 0 Å². The largest absolute Gasteiger partial charge is 0.484 e. The third-order valence-corrected chi connectivity index (χ3v) is 4.73. The second-order valence-electron chi connectivity index (χ2n) is 5.10. The van der Waals surface area contributed by atoms with Gasteiger partial charge in [-0.05, 0) is 56.4 Å². The third kappa shape index (κ3) is 3.72. The molecule has 1 saturated heterocycles. The van der Waals surface area contributed by atoms with Crippen molar-refractivity contribution in [2.45, 2.75) is 33.1 Å². The van der Waals surface area contributed by atoms with Crippen LogP contribution in [0.15, 0.2) is 16.6 Å². The van der Waals surface area contributed by atoms with Gasteiger partial charge < -0.3 is 9.64 Å². The van der Waals surface area contributed by atoms with Crippen LogP contribution in [0.3, 0.4) is 0 Å². The summed E-state index contributed by atoms with van der Waals surface area (Å²) in [5.74, 6) is 0.862. The first kappa shape index (κ1) is 14.4. The molecule has 0 radical (unpaired) electrons. The van der Waals surface area contributed by atoms with Crippen molar-refractivity contribution in [3.05, 3.63) is 27.7 Å². The van der Waals surface area contributed by atoms with Crippen LogP contribution in [-0.4, -0.2) is 30.5 Å². The van der Waals surface area contributed by atoms with Crippen molar-refractivity contribution in [3.8, 4) is 5.75 Å². The summed E-state index contributed by atoms with van der Waals surface area (Å²) in [6.45, 7) is 5.94. The zero-order valence-corrected chi connectivity index (χ0v) is 13.1. The van der Waals surface area contributed by atoms with Crippen molar-refractivity contribution in [1.82, 2.24) is 4.90 Å². The van der Waals surface area contributed by atoms with Crippen LogP contribution in [0.4, 0.5) is 0 Å². The van der Waals surface area contributed by atoms with Gasteiger partial charge in [-0.2, -0.15) is 0 Å². The zero-order chi connectivity index (χ0) is 13.8. The van der Waals surface area contributed by atoms with E-state index >= 15 is 0 Å². The highest BCUT2D eigenvalue weighted by Crippen LogP contribution is 2.26. The Morgan fingerprint density at radius 2 is 1.79 bits per heavy atom. The fraction of sp³-hybridized carbons (Fsp3) is 0.533. The lowest BCUT2D eigenvalue weighted by Crippen LogP contribution is -2.38. The maximum Gasteiger partial charge on any atom is 0.260 e. The molecule has 1 aromatic rings. The summed E-state index contributed by atoms with van der Waals surface area (Å²) in [5.41, 5.74) is 2.25. The van der Waals surface area contributed by atoms with Crippen molar-refractivity contribution in [3.63, 3.8) is 0 Å². The second-order valence-corrected chi connectivity index (χ2v) is 5.89. The van der Waals surface area contributed by atoms with Gasteiger partial charge in [0.15, 0.2) is 6.61 Å². The van der Waals surface area contributed by atoms with Gasteiger partial charge in [-0.1, -0.05) is 15.9 Å². The number of halogens is 1. The average molecular weight is 326 g/mol. The van der Waals surface area contributed by atoms with Crippen LogP contribution in [0, 0.1) is 13.8 Å². The smallest absolute Gasteiger partial charge is 0.260 e. The molecule has 104 valence electrons. The summed E-state index contributed by atoms with van der Waals surface area (Å²) in [5, 5.41) is 0. The summed E-state index contributed by atoms with van der Waals surface area (Å²) in [6, 6.07) is 3.92. The molecule has 1 aliphatic rings. The Labute approximate surface area is 123 Å². The number of rotatable bonds is 3. The van der Waals surface area contributed by atoms with E-state index in [9.17, 15) is 4.79 Å². The number of carbonyl (C=O) groups excluding carboxylic acids is 1. The van der Waals surface area contributed by atoms with Crippen LogP contribution in [0.2, 0.25) is 0 Å². The summed E-state index contributed by atoms with van der Waals surface area (Å²) >= 11 is 3.53. The maximum atomic E-state index is 12.0. The Kier molecular flexibility index (Phi) is 4.86. The number of piperidine rings is 1. The van der Waals surface area contributed by atoms with Crippen LogP contribution in [-0.2, 0) is 4.79 Å². The SMILES string of the molecule is Cc1cc(OCC(=O)N2CCCCC2)cc(C)c1Br. The van der Waals surface area contributed by atoms with E-state index in [0.717, 1.165) is 47.3 Å². The molecule has 0 unspecified atom stereocenters. The molecule has 19 heavy (non-hydrogen) atoms. The molecule has 0 N–H and O–H groups in total. The normalized spacial score (nSPS) is 15.4. The first-order valence-electron chi connectivity index (χ1n) is 6.75. The van der Waals surface area contributed by atoms with Crippen molar-refractivity contribution < 1.29 is 9.53 Å². The highest BCUT2D eigenvalue weighted by atomic mass is 79.9. The minimum atomic E-state index is 0.0953. The molecule has 0 saturated carbocycles. The molecule has 1 heterocycles. The van der Waals surface area contributed by atoms with E-state index in [1.807, 2.05) is 30.9 Å². The molecule has 1 aliphatic heterocycles. The summed E-state index contributed by atoms with van der Waals surface area (Å²) in [6.07, 6.45) is 3.46. The lowest BCUT2D eigenvalue weighted by Gasteiger charge is -2.26. The number of hydrogen-bond donors (Lipinski definition) is 0. The molecule has 2 rings (SSSR count). The van der Waals surface area contributed by atoms with Crippen LogP contribution < -0.4 is 4.74 Å². The van der Waals surface area contributed by atoms with Crippen molar-refractivity contribution in [2.75, 3.05) is 19.7 Å². The lowest BCUT2D eigenvalue weighted by atomic mass is 10.1. The van der Waals surface area contributed by atoms with E-state index in [0.29, 0.717) is 0 Å². The molecule has 0 aromatic heterocycles. The molecule has 0 spiro atoms. The molecule has 0 atom stereocenters. The Morgan fingerprint density at radius 1 is 1.21 bits per heavy atom. The summed E-state index contributed by atoms with van der Waals surface area (Å²) in [4.78, 5) is 13.9. The van der Waals surface area contributed by atoms with Gasteiger partial charge in [-0.15, -0.1) is 0 Å². The minimum Gasteiger partial charge on any atom is -0.484 e. The molecule has 4 heteroatoms. The minimum absolute atomic E-state index is 0.0953. The van der Waals surface area contributed by atoms with E-state index in [1.54, 1.807) is 0 Å². The predicted molar refractivity (Wildman–Crippen MR) is 79.5 cm³/mol. The summed E-state index contributed by atoms with van der Waals surface area (Å²) in [7, 11) is 0. The topological polar surface area (TPSA) is 29.5 Å². The van der Waals surface area contributed by atoms with Gasteiger partial charge in [0.25, 0.3) is 5.91 Å². The van der Waals surface area contributed by atoms with Crippen LogP contribution >= 0.6 is 15.9 Å². The Balaban J connectivity index is 1.93. The molecule has 1 fully saturated rings. The standard InChI is InChI=1S/C15H20BrNO2/c1-11-8-13(9-12(2)15(11)16)19-10-14(18)17-6-4-3-5-7-17/h8-9H,3-7,10H2,1-2H3. The van der Waals surface area contributed by atoms with Gasteiger partial charge in [-0.25, -0.2) is 0 Å². The van der Waals surface area contributed by atoms with Crippen molar-refractivity contribution in [1.29, 1.82) is 0 Å². The van der Waals surface area contributed by atoms with Gasteiger partial charge in [-0.3, -0.25) is 4.79 Å². The molecule has 3 nitrogen and oxygen atoms in total. The van der Waals surface area contributed by atoms with Crippen molar-refractivity contribution in [2.24, 2.45) is 0 Å². The van der Waals surface area contributed by atoms with E-state index in [4.69, 9.17) is 4.74 Å².